The summed E-state index contributed by atoms with van der Waals surface area (Å²) in [5.41, 5.74) is 0.456. The Labute approximate surface area is 259 Å². The fourth-order valence-electron chi connectivity index (χ4n) is 5.07. The Balaban J connectivity index is 1.43. The first-order chi connectivity index (χ1) is 20.0. The second-order valence-electron chi connectivity index (χ2n) is 11.6. The zero-order valence-corrected chi connectivity index (χ0v) is 27.3. The molecule has 3 aromatic rings. The van der Waals surface area contributed by atoms with E-state index in [0.29, 0.717) is 28.9 Å². The summed E-state index contributed by atoms with van der Waals surface area (Å²) in [6, 6.07) is 5.26. The molecule has 1 saturated heterocycles. The van der Waals surface area contributed by atoms with Crippen molar-refractivity contribution in [2.24, 2.45) is 0 Å². The number of benzene rings is 1. The zero-order valence-electron chi connectivity index (χ0n) is 24.1. The number of aromatic nitrogens is 2. The van der Waals surface area contributed by atoms with Crippen LogP contribution in [-0.2, 0) is 37.7 Å². The standard InChI is InChI=1S/C26H33ClN6O7S3/c1-26(2,3)40-25(35)30-42(36,37)15-18-13-32(43(38,39)22-12-16-11-17(27)5-6-19(16)28-22)9-10-33(18)24(34)23-29-20-7-8-31(4)14-21(20)41-23/h5-6,11-12,18,28H,7-10,13-15H2,1-4H3,(H,30,35). The Morgan fingerprint density at radius 3 is 2.63 bits per heavy atom. The molecule has 1 fully saturated rings. The monoisotopic (exact) mass is 672 g/mol. The third kappa shape index (κ3) is 7.15. The first-order valence-electron chi connectivity index (χ1n) is 13.5. The van der Waals surface area contributed by atoms with Crippen molar-refractivity contribution >= 4 is 65.9 Å². The molecule has 4 heterocycles. The zero-order chi connectivity index (χ0) is 31.3. The smallest absolute Gasteiger partial charge is 0.421 e. The predicted octanol–water partition coefficient (Wildman–Crippen LogP) is 2.64. The third-order valence-corrected chi connectivity index (χ3v) is 11.4. The van der Waals surface area contributed by atoms with E-state index < -0.39 is 49.4 Å². The van der Waals surface area contributed by atoms with Gasteiger partial charge in [-0.05, 0) is 52.1 Å². The van der Waals surface area contributed by atoms with Crippen molar-refractivity contribution < 1.29 is 31.2 Å². The molecule has 1 atom stereocenters. The number of hydrogen-bond acceptors (Lipinski definition) is 10. The highest BCUT2D eigenvalue weighted by Crippen LogP contribution is 2.29. The quantitative estimate of drug-likeness (QED) is 0.401. The third-order valence-electron chi connectivity index (χ3n) is 7.04. The molecule has 2 N–H and O–H groups in total. The number of nitrogens with zero attached hydrogens (tertiary/aromatic N) is 4. The molecule has 2 aliphatic rings. The molecular formula is C26H33ClN6O7S3. The minimum atomic E-state index is -4.36. The molecule has 0 bridgehead atoms. The van der Waals surface area contributed by atoms with Gasteiger partial charge in [-0.3, -0.25) is 4.79 Å². The molecule has 1 aromatic carbocycles. The lowest BCUT2D eigenvalue weighted by Gasteiger charge is -2.40. The number of amides is 2. The van der Waals surface area contributed by atoms with E-state index in [2.05, 4.69) is 14.9 Å². The predicted molar refractivity (Wildman–Crippen MR) is 162 cm³/mol. The molecule has 2 aromatic heterocycles. The maximum atomic E-state index is 13.7. The van der Waals surface area contributed by atoms with E-state index in [4.69, 9.17) is 16.3 Å². The van der Waals surface area contributed by atoms with Gasteiger partial charge in [0.2, 0.25) is 10.0 Å². The van der Waals surface area contributed by atoms with Crippen LogP contribution in [0.3, 0.4) is 0 Å². The van der Waals surface area contributed by atoms with E-state index in [1.165, 1.54) is 22.3 Å². The van der Waals surface area contributed by atoms with E-state index in [1.54, 1.807) is 39.0 Å². The van der Waals surface area contributed by atoms with Crippen LogP contribution in [0.5, 0.6) is 0 Å². The SMILES string of the molecule is CN1CCc2nc(C(=O)N3CCN(S(=O)(=O)c4cc5cc(Cl)ccc5[nH]4)CC3CS(=O)(=O)NC(=O)OC(C)(C)C)sc2C1. The van der Waals surface area contributed by atoms with Gasteiger partial charge in [-0.1, -0.05) is 11.6 Å². The van der Waals surface area contributed by atoms with Crippen molar-refractivity contribution in [1.82, 2.24) is 28.8 Å². The van der Waals surface area contributed by atoms with Crippen molar-refractivity contribution in [2.45, 2.75) is 50.4 Å². The van der Waals surface area contributed by atoms with E-state index >= 15 is 0 Å². The van der Waals surface area contributed by atoms with Gasteiger partial charge in [-0.15, -0.1) is 11.3 Å². The van der Waals surface area contributed by atoms with Crippen LogP contribution >= 0.6 is 22.9 Å². The summed E-state index contributed by atoms with van der Waals surface area (Å²) in [6.07, 6.45) is -0.478. The Morgan fingerprint density at radius 1 is 1.16 bits per heavy atom. The lowest BCUT2D eigenvalue weighted by atomic mass is 10.2. The molecule has 2 amide bonds. The van der Waals surface area contributed by atoms with Crippen LogP contribution in [0.25, 0.3) is 10.9 Å². The number of nitrogens with one attached hydrogen (secondary N) is 2. The summed E-state index contributed by atoms with van der Waals surface area (Å²) >= 11 is 7.32. The summed E-state index contributed by atoms with van der Waals surface area (Å²) in [5.74, 6) is -1.23. The number of aromatic amines is 1. The fourth-order valence-corrected chi connectivity index (χ4v) is 9.05. The number of carbonyl (C=O) groups excluding carboxylic acids is 2. The number of piperazine rings is 1. The van der Waals surface area contributed by atoms with Crippen molar-refractivity contribution in [3.8, 4) is 0 Å². The van der Waals surface area contributed by atoms with Crippen molar-refractivity contribution in [2.75, 3.05) is 39.0 Å². The van der Waals surface area contributed by atoms with Crippen molar-refractivity contribution in [1.29, 1.82) is 0 Å². The number of halogens is 1. The fraction of sp³-hybridized carbons (Fsp3) is 0.500. The maximum absolute atomic E-state index is 13.7. The average molecular weight is 673 g/mol. The second-order valence-corrected chi connectivity index (χ2v) is 16.8. The van der Waals surface area contributed by atoms with E-state index in [-0.39, 0.29) is 29.7 Å². The topological polar surface area (TPSA) is 162 Å². The van der Waals surface area contributed by atoms with Gasteiger partial charge in [-0.25, -0.2) is 31.3 Å². The number of sulfonamides is 2. The molecular weight excluding hydrogens is 640 g/mol. The number of hydrogen-bond donors (Lipinski definition) is 2. The normalized spacial score (nSPS) is 18.9. The van der Waals surface area contributed by atoms with Gasteiger partial charge < -0.3 is 19.5 Å². The van der Waals surface area contributed by atoms with E-state index in [1.807, 2.05) is 11.8 Å². The molecule has 0 spiro atoms. The summed E-state index contributed by atoms with van der Waals surface area (Å²) in [6.45, 7) is 5.74. The van der Waals surface area contributed by atoms with E-state index in [9.17, 15) is 26.4 Å². The number of H-pyrrole nitrogens is 1. The minimum absolute atomic E-state index is 0.0753. The lowest BCUT2D eigenvalue weighted by Crippen LogP contribution is -2.59. The first kappa shape index (κ1) is 31.7. The molecule has 0 radical (unpaired) electrons. The van der Waals surface area contributed by atoms with Crippen molar-refractivity contribution in [3.05, 3.63) is 44.9 Å². The average Bonchev–Trinajstić information content (AvgIpc) is 3.50. The Kier molecular flexibility index (Phi) is 8.56. The Hall–Kier alpha value is -2.76. The van der Waals surface area contributed by atoms with Crippen LogP contribution in [0, 0.1) is 0 Å². The lowest BCUT2D eigenvalue weighted by molar-refractivity contribution is 0.0569. The van der Waals surface area contributed by atoms with Crippen LogP contribution < -0.4 is 4.72 Å². The van der Waals surface area contributed by atoms with Crippen LogP contribution in [0.1, 0.15) is 41.1 Å². The number of fused-ring (bicyclic) bond motifs is 2. The van der Waals surface area contributed by atoms with Gasteiger partial charge in [0.15, 0.2) is 5.01 Å². The molecule has 5 rings (SSSR count). The second kappa shape index (κ2) is 11.6. The number of ether oxygens (including phenoxy) is 1. The molecule has 1 unspecified atom stereocenters. The molecule has 234 valence electrons. The first-order valence-corrected chi connectivity index (χ1v) is 17.8. The molecule has 2 aliphatic heterocycles. The molecule has 0 aliphatic carbocycles. The number of thiazole rings is 1. The highest BCUT2D eigenvalue weighted by atomic mass is 35.5. The summed E-state index contributed by atoms with van der Waals surface area (Å²) in [5, 5.41) is 1.17. The Morgan fingerprint density at radius 2 is 1.91 bits per heavy atom. The summed E-state index contributed by atoms with van der Waals surface area (Å²) in [7, 11) is -6.50. The molecule has 13 nitrogen and oxygen atoms in total. The largest absolute Gasteiger partial charge is 0.443 e. The van der Waals surface area contributed by atoms with Gasteiger partial charge in [-0.2, -0.15) is 4.31 Å². The van der Waals surface area contributed by atoms with Crippen LogP contribution in [0.2, 0.25) is 5.02 Å². The summed E-state index contributed by atoms with van der Waals surface area (Å²) < 4.78 is 61.7. The summed E-state index contributed by atoms with van der Waals surface area (Å²) in [4.78, 5) is 37.9. The van der Waals surface area contributed by atoms with Crippen molar-refractivity contribution in [3.63, 3.8) is 0 Å². The Bertz CT molecular complexity index is 1780. The van der Waals surface area contributed by atoms with E-state index in [0.717, 1.165) is 21.4 Å². The van der Waals surface area contributed by atoms with Crippen LogP contribution in [-0.4, -0.2) is 104 Å². The molecule has 0 saturated carbocycles. The highest BCUT2D eigenvalue weighted by Gasteiger charge is 2.41. The molecule has 17 heteroatoms. The van der Waals surface area contributed by atoms with Crippen LogP contribution in [0.15, 0.2) is 29.3 Å². The van der Waals surface area contributed by atoms with Gasteiger partial charge in [0.1, 0.15) is 10.6 Å². The van der Waals surface area contributed by atoms with Gasteiger partial charge in [0.25, 0.3) is 15.9 Å². The van der Waals surface area contributed by atoms with Gasteiger partial charge >= 0.3 is 6.09 Å². The van der Waals surface area contributed by atoms with Crippen LogP contribution in [0.4, 0.5) is 4.79 Å². The van der Waals surface area contributed by atoms with Gasteiger partial charge in [0.05, 0.1) is 17.5 Å². The molecule has 43 heavy (non-hydrogen) atoms. The number of likely N-dealkylation sites (N-methyl/N-ethyl adjacent to an activating group) is 1. The highest BCUT2D eigenvalue weighted by molar-refractivity contribution is 7.90. The maximum Gasteiger partial charge on any atom is 0.421 e. The number of rotatable bonds is 6. The number of carbonyl (C=O) groups is 2. The van der Waals surface area contributed by atoms with Gasteiger partial charge in [0, 0.05) is 59.9 Å². The minimum Gasteiger partial charge on any atom is -0.443 e.